The Morgan fingerprint density at radius 3 is 2.31 bits per heavy atom. The highest BCUT2D eigenvalue weighted by Gasteiger charge is 2.45. The highest BCUT2D eigenvalue weighted by atomic mass is 19.4. The molecule has 4 unspecified atom stereocenters. The molecule has 1 saturated carbocycles. The first-order valence-electron chi connectivity index (χ1n) is 9.90. The monoisotopic (exact) mass is 481 g/mol. The molecule has 2 rings (SSSR count). The summed E-state index contributed by atoms with van der Waals surface area (Å²) in [6, 6.07) is 4.08. The number of alkyl halides is 9. The maximum Gasteiger partial charge on any atom is 0.415 e. The maximum atomic E-state index is 13.8. The predicted molar refractivity (Wildman–Crippen MR) is 96.9 cm³/mol. The summed E-state index contributed by atoms with van der Waals surface area (Å²) in [6.07, 6.45) is -16.0. The molecule has 1 N–H and O–H groups in total. The Balaban J connectivity index is 2.24. The van der Waals surface area contributed by atoms with Gasteiger partial charge >= 0.3 is 24.6 Å². The Morgan fingerprint density at radius 1 is 1.09 bits per heavy atom. The zero-order chi connectivity index (χ0) is 24.3. The molecule has 3 nitrogen and oxygen atoms in total. The minimum Gasteiger partial charge on any atom is -0.453 e. The van der Waals surface area contributed by atoms with Gasteiger partial charge in [0, 0.05) is 26.1 Å². The third-order valence-corrected chi connectivity index (χ3v) is 5.40. The second-order valence-electron chi connectivity index (χ2n) is 8.08. The summed E-state index contributed by atoms with van der Waals surface area (Å²) < 4.78 is 122. The molecule has 1 fully saturated rings. The van der Waals surface area contributed by atoms with Crippen molar-refractivity contribution in [2.75, 3.05) is 6.54 Å². The zero-order valence-electron chi connectivity index (χ0n) is 17.1. The van der Waals surface area contributed by atoms with Crippen LogP contribution in [0.15, 0.2) is 24.3 Å². The molecular formula is C20H24F9NO2. The van der Waals surface area contributed by atoms with Gasteiger partial charge in [-0.1, -0.05) is 18.6 Å². The van der Waals surface area contributed by atoms with E-state index in [-0.39, 0.29) is 37.1 Å². The molecule has 184 valence electrons. The fraction of sp³-hybridized carbons (Fsp3) is 0.700. The van der Waals surface area contributed by atoms with E-state index in [0.717, 1.165) is 11.0 Å². The highest BCUT2D eigenvalue weighted by molar-refractivity contribution is 5.29. The van der Waals surface area contributed by atoms with Gasteiger partial charge in [-0.15, -0.1) is 0 Å². The van der Waals surface area contributed by atoms with Gasteiger partial charge in [-0.25, -0.2) is 8.78 Å². The van der Waals surface area contributed by atoms with Crippen LogP contribution in [-0.4, -0.2) is 53.3 Å². The fourth-order valence-electron chi connectivity index (χ4n) is 3.68. The summed E-state index contributed by atoms with van der Waals surface area (Å²) in [7, 11) is 0. The van der Waals surface area contributed by atoms with Crippen molar-refractivity contribution in [1.82, 2.24) is 4.90 Å². The number of rotatable bonds is 8. The van der Waals surface area contributed by atoms with Crippen LogP contribution in [0.4, 0.5) is 39.5 Å². The second-order valence-corrected chi connectivity index (χ2v) is 8.08. The van der Waals surface area contributed by atoms with E-state index in [9.17, 15) is 44.6 Å². The van der Waals surface area contributed by atoms with E-state index in [0.29, 0.717) is 6.92 Å². The predicted octanol–water partition coefficient (Wildman–Crippen LogP) is 5.86. The first-order chi connectivity index (χ1) is 14.6. The lowest BCUT2D eigenvalue weighted by molar-refractivity contribution is -0.213. The van der Waals surface area contributed by atoms with Gasteiger partial charge in [0.15, 0.2) is 6.10 Å². The van der Waals surface area contributed by atoms with Crippen molar-refractivity contribution in [3.8, 4) is 5.75 Å². The molecule has 32 heavy (non-hydrogen) atoms. The molecule has 1 aromatic rings. The van der Waals surface area contributed by atoms with Crippen LogP contribution in [0.3, 0.4) is 0 Å². The van der Waals surface area contributed by atoms with Gasteiger partial charge in [0.2, 0.25) is 0 Å². The molecule has 0 heterocycles. The van der Waals surface area contributed by atoms with Gasteiger partial charge in [-0.2, -0.15) is 30.7 Å². The lowest BCUT2D eigenvalue weighted by Gasteiger charge is -2.39. The van der Waals surface area contributed by atoms with E-state index in [1.165, 1.54) is 18.2 Å². The van der Waals surface area contributed by atoms with Crippen LogP contribution >= 0.6 is 0 Å². The summed E-state index contributed by atoms with van der Waals surface area (Å²) in [6.45, 7) is -0.783. The molecule has 0 radical (unpaired) electrons. The number of halogens is 9. The van der Waals surface area contributed by atoms with Crippen molar-refractivity contribution in [2.45, 2.75) is 75.9 Å². The lowest BCUT2D eigenvalue weighted by atomic mass is 9.84. The molecular weight excluding hydrogens is 457 g/mol. The average Bonchev–Trinajstić information content (AvgIpc) is 2.66. The Hall–Kier alpha value is -1.69. The molecule has 1 aliphatic rings. The van der Waals surface area contributed by atoms with Crippen molar-refractivity contribution >= 4 is 0 Å². The lowest BCUT2D eigenvalue weighted by Crippen LogP contribution is -2.47. The van der Waals surface area contributed by atoms with E-state index >= 15 is 0 Å². The van der Waals surface area contributed by atoms with Crippen LogP contribution in [0, 0.1) is 5.92 Å². The van der Waals surface area contributed by atoms with Crippen LogP contribution in [0.2, 0.25) is 0 Å². The molecule has 0 aliphatic heterocycles. The van der Waals surface area contributed by atoms with Crippen LogP contribution in [0.5, 0.6) is 5.75 Å². The van der Waals surface area contributed by atoms with Crippen molar-refractivity contribution in [3.63, 3.8) is 0 Å². The highest BCUT2D eigenvalue weighted by Crippen LogP contribution is 2.40. The van der Waals surface area contributed by atoms with Gasteiger partial charge in [0.05, 0.1) is 5.92 Å². The Morgan fingerprint density at radius 2 is 1.75 bits per heavy atom. The standard InChI is InChI=1S/C20H24F9NO2/c1-18(23,17(21)22)32-15-7-2-4-12(8-15)10-30(11-16(31)20(27,28)29)14-6-3-5-13(9-14)19(24,25)26/h2,4,7-8,13-14,16-17,31H,3,5-6,9-11H2,1H3. The third-order valence-electron chi connectivity index (χ3n) is 5.40. The first kappa shape index (κ1) is 26.6. The summed E-state index contributed by atoms with van der Waals surface area (Å²) in [5.41, 5.74) is 0.205. The minimum absolute atomic E-state index is 0.137. The third kappa shape index (κ3) is 7.43. The Kier molecular flexibility index (Phi) is 8.35. The van der Waals surface area contributed by atoms with Crippen molar-refractivity contribution < 1.29 is 49.4 Å². The van der Waals surface area contributed by atoms with Gasteiger partial charge in [0.1, 0.15) is 5.75 Å². The van der Waals surface area contributed by atoms with Crippen LogP contribution in [-0.2, 0) is 6.54 Å². The normalized spacial score (nSPS) is 23.3. The topological polar surface area (TPSA) is 32.7 Å². The summed E-state index contributed by atoms with van der Waals surface area (Å²) >= 11 is 0. The van der Waals surface area contributed by atoms with Gasteiger partial charge in [-0.3, -0.25) is 4.90 Å². The SMILES string of the molecule is CC(F)(Oc1cccc(CN(CC(O)C(F)(F)F)C2CCCC(C(F)(F)F)C2)c1)C(F)F. The van der Waals surface area contributed by atoms with Crippen LogP contribution in [0.1, 0.15) is 38.2 Å². The summed E-state index contributed by atoms with van der Waals surface area (Å²) in [5.74, 6) is -5.31. The van der Waals surface area contributed by atoms with Crippen LogP contribution in [0.25, 0.3) is 0 Å². The fourth-order valence-corrected chi connectivity index (χ4v) is 3.68. The molecule has 0 saturated heterocycles. The number of ether oxygens (including phenoxy) is 1. The van der Waals surface area contributed by atoms with E-state index in [2.05, 4.69) is 4.74 Å². The molecule has 0 aromatic heterocycles. The second kappa shape index (κ2) is 10.1. The van der Waals surface area contributed by atoms with E-state index in [4.69, 9.17) is 0 Å². The molecule has 4 atom stereocenters. The van der Waals surface area contributed by atoms with E-state index in [1.807, 2.05) is 0 Å². The van der Waals surface area contributed by atoms with Crippen molar-refractivity contribution in [2.24, 2.45) is 5.92 Å². The maximum absolute atomic E-state index is 13.8. The number of hydrogen-bond donors (Lipinski definition) is 1. The quantitative estimate of drug-likeness (QED) is 0.472. The number of benzene rings is 1. The summed E-state index contributed by atoms with van der Waals surface area (Å²) in [5, 5.41) is 9.51. The van der Waals surface area contributed by atoms with Gasteiger partial charge in [0.25, 0.3) is 0 Å². The molecule has 12 heteroatoms. The number of aliphatic hydroxyl groups excluding tert-OH is 1. The van der Waals surface area contributed by atoms with Crippen LogP contribution < -0.4 is 4.74 Å². The summed E-state index contributed by atoms with van der Waals surface area (Å²) in [4.78, 5) is 1.09. The van der Waals surface area contributed by atoms with Gasteiger partial charge < -0.3 is 9.84 Å². The zero-order valence-corrected chi connectivity index (χ0v) is 17.1. The van der Waals surface area contributed by atoms with E-state index in [1.54, 1.807) is 0 Å². The van der Waals surface area contributed by atoms with Gasteiger partial charge in [-0.05, 0) is 37.0 Å². The molecule has 0 spiro atoms. The Bertz CT molecular complexity index is 737. The molecule has 0 bridgehead atoms. The molecule has 0 amide bonds. The van der Waals surface area contributed by atoms with Crippen molar-refractivity contribution in [1.29, 1.82) is 0 Å². The van der Waals surface area contributed by atoms with Crippen molar-refractivity contribution in [3.05, 3.63) is 29.8 Å². The first-order valence-corrected chi connectivity index (χ1v) is 9.90. The largest absolute Gasteiger partial charge is 0.453 e. The molecule has 1 aromatic carbocycles. The minimum atomic E-state index is -4.98. The Labute approximate surface area is 179 Å². The van der Waals surface area contributed by atoms with E-state index < -0.39 is 55.7 Å². The smallest absolute Gasteiger partial charge is 0.415 e. The number of aliphatic hydroxyl groups is 1. The average molecular weight is 481 g/mol. The number of nitrogens with zero attached hydrogens (tertiary/aromatic N) is 1. The molecule has 1 aliphatic carbocycles. The number of hydrogen-bond acceptors (Lipinski definition) is 3.